The number of nitrogens with one attached hydrogen (secondary N) is 2. The SMILES string of the molecule is CCNC(=NCc1nccn1CC(C)C)NCC(c1ccc(OC)cc1)N1CCOCC1.I. The zero-order valence-corrected chi connectivity index (χ0v) is 22.6. The molecule has 1 unspecified atom stereocenters. The molecular weight excluding hydrogens is 531 g/mol. The smallest absolute Gasteiger partial charge is 0.191 e. The summed E-state index contributed by atoms with van der Waals surface area (Å²) in [5.41, 5.74) is 1.25. The van der Waals surface area contributed by atoms with Crippen molar-refractivity contribution >= 4 is 29.9 Å². The van der Waals surface area contributed by atoms with E-state index >= 15 is 0 Å². The minimum absolute atomic E-state index is 0. The van der Waals surface area contributed by atoms with Gasteiger partial charge in [0.25, 0.3) is 0 Å². The van der Waals surface area contributed by atoms with Gasteiger partial charge in [0.2, 0.25) is 0 Å². The number of ether oxygens (including phenoxy) is 2. The van der Waals surface area contributed by atoms with Gasteiger partial charge in [0.15, 0.2) is 5.96 Å². The molecule has 0 spiro atoms. The Hall–Kier alpha value is -1.85. The molecule has 1 fully saturated rings. The molecule has 1 saturated heterocycles. The van der Waals surface area contributed by atoms with Crippen LogP contribution in [0.5, 0.6) is 5.75 Å². The highest BCUT2D eigenvalue weighted by molar-refractivity contribution is 14.0. The second-order valence-electron chi connectivity index (χ2n) is 8.40. The lowest BCUT2D eigenvalue weighted by molar-refractivity contribution is 0.0170. The zero-order chi connectivity index (χ0) is 22.8. The molecule has 0 saturated carbocycles. The van der Waals surface area contributed by atoms with E-state index in [0.717, 1.165) is 63.5 Å². The molecular formula is C24H39IN6O2. The molecule has 1 aromatic carbocycles. The zero-order valence-electron chi connectivity index (χ0n) is 20.3. The van der Waals surface area contributed by atoms with Gasteiger partial charge in [0.05, 0.1) is 26.4 Å². The van der Waals surface area contributed by atoms with Crippen LogP contribution in [-0.2, 0) is 17.8 Å². The van der Waals surface area contributed by atoms with Crippen molar-refractivity contribution in [3.8, 4) is 5.75 Å². The Labute approximate surface area is 215 Å². The van der Waals surface area contributed by atoms with Gasteiger partial charge in [-0.25, -0.2) is 9.98 Å². The van der Waals surface area contributed by atoms with Crippen molar-refractivity contribution in [1.82, 2.24) is 25.1 Å². The Morgan fingerprint density at radius 3 is 2.55 bits per heavy atom. The lowest BCUT2D eigenvalue weighted by Crippen LogP contribution is -2.46. The van der Waals surface area contributed by atoms with Gasteiger partial charge in [0, 0.05) is 45.1 Å². The highest BCUT2D eigenvalue weighted by Crippen LogP contribution is 2.23. The van der Waals surface area contributed by atoms with Crippen molar-refractivity contribution in [2.24, 2.45) is 10.9 Å². The lowest BCUT2D eigenvalue weighted by Gasteiger charge is -2.35. The number of benzene rings is 1. The third-order valence-electron chi connectivity index (χ3n) is 5.54. The van der Waals surface area contributed by atoms with E-state index in [9.17, 15) is 0 Å². The number of hydrogen-bond donors (Lipinski definition) is 2. The van der Waals surface area contributed by atoms with Crippen molar-refractivity contribution in [3.63, 3.8) is 0 Å². The maximum atomic E-state index is 5.58. The topological polar surface area (TPSA) is 75.9 Å². The number of guanidine groups is 1. The molecule has 1 aliphatic heterocycles. The van der Waals surface area contributed by atoms with Crippen molar-refractivity contribution in [3.05, 3.63) is 48.0 Å². The minimum Gasteiger partial charge on any atom is -0.497 e. The first kappa shape index (κ1) is 27.4. The van der Waals surface area contributed by atoms with Crippen LogP contribution in [0.4, 0.5) is 0 Å². The molecule has 0 amide bonds. The van der Waals surface area contributed by atoms with Crippen LogP contribution in [0, 0.1) is 5.92 Å². The van der Waals surface area contributed by atoms with Crippen molar-refractivity contribution in [2.45, 2.75) is 39.9 Å². The number of rotatable bonds is 10. The molecule has 2 aromatic rings. The molecule has 1 aromatic heterocycles. The molecule has 0 bridgehead atoms. The number of aliphatic imine (C=N–C) groups is 1. The summed E-state index contributed by atoms with van der Waals surface area (Å²) in [6.45, 7) is 12.9. The number of hydrogen-bond acceptors (Lipinski definition) is 5. The van der Waals surface area contributed by atoms with Gasteiger partial charge in [-0.2, -0.15) is 0 Å². The highest BCUT2D eigenvalue weighted by atomic mass is 127. The second kappa shape index (κ2) is 14.4. The summed E-state index contributed by atoms with van der Waals surface area (Å²) in [6, 6.07) is 8.56. The maximum Gasteiger partial charge on any atom is 0.191 e. The lowest BCUT2D eigenvalue weighted by atomic mass is 10.0. The van der Waals surface area contributed by atoms with Crippen molar-refractivity contribution < 1.29 is 9.47 Å². The summed E-state index contributed by atoms with van der Waals surface area (Å²) in [4.78, 5) is 11.8. The van der Waals surface area contributed by atoms with E-state index in [4.69, 9.17) is 14.5 Å². The monoisotopic (exact) mass is 570 g/mol. The maximum absolute atomic E-state index is 5.58. The average Bonchev–Trinajstić information content (AvgIpc) is 3.24. The summed E-state index contributed by atoms with van der Waals surface area (Å²) in [5, 5.41) is 6.93. The molecule has 3 rings (SSSR count). The molecule has 1 aliphatic rings. The van der Waals surface area contributed by atoms with Crippen molar-refractivity contribution in [1.29, 1.82) is 0 Å². The largest absolute Gasteiger partial charge is 0.497 e. The van der Waals surface area contributed by atoms with E-state index < -0.39 is 0 Å². The number of nitrogens with zero attached hydrogens (tertiary/aromatic N) is 4. The second-order valence-corrected chi connectivity index (χ2v) is 8.40. The molecule has 1 atom stereocenters. The van der Waals surface area contributed by atoms with Gasteiger partial charge in [-0.05, 0) is 30.5 Å². The van der Waals surface area contributed by atoms with Crippen molar-refractivity contribution in [2.75, 3.05) is 46.5 Å². The van der Waals surface area contributed by atoms with Gasteiger partial charge in [-0.15, -0.1) is 24.0 Å². The summed E-state index contributed by atoms with van der Waals surface area (Å²) in [7, 11) is 1.70. The molecule has 0 radical (unpaired) electrons. The molecule has 184 valence electrons. The third kappa shape index (κ3) is 8.46. The molecule has 9 heteroatoms. The van der Waals surface area contributed by atoms with Gasteiger partial charge in [0.1, 0.15) is 18.1 Å². The van der Waals surface area contributed by atoms with Crippen LogP contribution in [0.1, 0.15) is 38.2 Å². The summed E-state index contributed by atoms with van der Waals surface area (Å²) in [5.74, 6) is 3.22. The normalized spacial score (nSPS) is 15.7. The van der Waals surface area contributed by atoms with Gasteiger partial charge in [-0.3, -0.25) is 4.90 Å². The first-order chi connectivity index (χ1) is 15.6. The first-order valence-electron chi connectivity index (χ1n) is 11.6. The first-order valence-corrected chi connectivity index (χ1v) is 11.6. The predicted molar refractivity (Wildman–Crippen MR) is 143 cm³/mol. The minimum atomic E-state index is 0. The van der Waals surface area contributed by atoms with Gasteiger partial charge < -0.3 is 24.7 Å². The fourth-order valence-electron chi connectivity index (χ4n) is 3.91. The van der Waals surface area contributed by atoms with E-state index in [1.54, 1.807) is 7.11 Å². The van der Waals surface area contributed by atoms with Gasteiger partial charge >= 0.3 is 0 Å². The molecule has 2 heterocycles. The Kier molecular flexibility index (Phi) is 12.0. The van der Waals surface area contributed by atoms with Crippen LogP contribution in [-0.4, -0.2) is 66.9 Å². The number of methoxy groups -OCH3 is 1. The summed E-state index contributed by atoms with van der Waals surface area (Å²) >= 11 is 0. The number of imidazole rings is 1. The van der Waals surface area contributed by atoms with E-state index in [2.05, 4.69) is 58.0 Å². The number of morpholine rings is 1. The van der Waals surface area contributed by atoms with Crippen LogP contribution in [0.25, 0.3) is 0 Å². The molecule has 8 nitrogen and oxygen atoms in total. The van der Waals surface area contributed by atoms with Crippen LogP contribution in [0.15, 0.2) is 41.7 Å². The third-order valence-corrected chi connectivity index (χ3v) is 5.54. The Balaban J connectivity index is 0.00000385. The van der Waals surface area contributed by atoms with Crippen LogP contribution < -0.4 is 15.4 Å². The number of aromatic nitrogens is 2. The standard InChI is InChI=1S/C24H38N6O2.HI/c1-5-25-24(28-17-23-26-10-11-30(23)18-19(2)3)27-16-22(29-12-14-32-15-13-29)20-6-8-21(31-4)9-7-20;/h6-11,19,22H,5,12-18H2,1-4H3,(H2,25,27,28);1H. The average molecular weight is 571 g/mol. The Bertz CT molecular complexity index is 834. The quantitative estimate of drug-likeness (QED) is 0.260. The molecule has 2 N–H and O–H groups in total. The van der Waals surface area contributed by atoms with E-state index in [0.29, 0.717) is 12.5 Å². The van der Waals surface area contributed by atoms with E-state index in [1.807, 2.05) is 24.5 Å². The van der Waals surface area contributed by atoms with E-state index in [-0.39, 0.29) is 30.0 Å². The fraction of sp³-hybridized carbons (Fsp3) is 0.583. The van der Waals surface area contributed by atoms with Crippen LogP contribution in [0.3, 0.4) is 0 Å². The highest BCUT2D eigenvalue weighted by Gasteiger charge is 2.23. The predicted octanol–water partition coefficient (Wildman–Crippen LogP) is 3.29. The Morgan fingerprint density at radius 2 is 1.91 bits per heavy atom. The van der Waals surface area contributed by atoms with Crippen LogP contribution in [0.2, 0.25) is 0 Å². The molecule has 0 aliphatic carbocycles. The fourth-order valence-corrected chi connectivity index (χ4v) is 3.91. The summed E-state index contributed by atoms with van der Waals surface area (Å²) in [6.07, 6.45) is 3.88. The van der Waals surface area contributed by atoms with Gasteiger partial charge in [-0.1, -0.05) is 26.0 Å². The Morgan fingerprint density at radius 1 is 1.18 bits per heavy atom. The van der Waals surface area contributed by atoms with E-state index in [1.165, 1.54) is 5.56 Å². The summed E-state index contributed by atoms with van der Waals surface area (Å²) < 4.78 is 13.1. The number of halogens is 1. The van der Waals surface area contributed by atoms with Crippen LogP contribution >= 0.6 is 24.0 Å². The molecule has 33 heavy (non-hydrogen) atoms.